The van der Waals surface area contributed by atoms with Crippen LogP contribution >= 0.6 is 23.4 Å². The van der Waals surface area contributed by atoms with E-state index in [0.29, 0.717) is 16.3 Å². The molecule has 0 aliphatic rings. The highest BCUT2D eigenvalue weighted by Gasteiger charge is 2.06. The van der Waals surface area contributed by atoms with Gasteiger partial charge in [0.25, 0.3) is 0 Å². The van der Waals surface area contributed by atoms with Gasteiger partial charge < -0.3 is 5.73 Å². The van der Waals surface area contributed by atoms with Crippen LogP contribution in [0.15, 0.2) is 35.6 Å². The van der Waals surface area contributed by atoms with Gasteiger partial charge in [0, 0.05) is 28.2 Å². The van der Waals surface area contributed by atoms with Crippen LogP contribution in [0.25, 0.3) is 0 Å². The first-order valence-corrected chi connectivity index (χ1v) is 6.98. The van der Waals surface area contributed by atoms with Crippen molar-refractivity contribution in [1.29, 1.82) is 5.41 Å². The molecule has 0 aliphatic carbocycles. The first-order valence-electron chi connectivity index (χ1n) is 5.61. The second-order valence-corrected chi connectivity index (χ2v) is 5.34. The molecule has 0 atom stereocenters. The first-order chi connectivity index (χ1) is 9.06. The van der Waals surface area contributed by atoms with Crippen molar-refractivity contribution in [1.82, 2.24) is 9.97 Å². The van der Waals surface area contributed by atoms with Crippen LogP contribution in [0.5, 0.6) is 0 Å². The molecule has 0 spiro atoms. The summed E-state index contributed by atoms with van der Waals surface area (Å²) in [6, 6.07) is 7.23. The molecule has 3 N–H and O–H groups in total. The second-order valence-electron chi connectivity index (χ2n) is 3.99. The summed E-state index contributed by atoms with van der Waals surface area (Å²) in [6.07, 6.45) is 1.74. The Hall–Kier alpha value is -1.59. The molecule has 2 aromatic rings. The SMILES string of the molecule is Cc1ccnc(SCc2ccc(C(=N)N)cc2Cl)n1. The van der Waals surface area contributed by atoms with E-state index >= 15 is 0 Å². The highest BCUT2D eigenvalue weighted by molar-refractivity contribution is 7.98. The molecule has 1 aromatic carbocycles. The highest BCUT2D eigenvalue weighted by atomic mass is 35.5. The molecule has 0 radical (unpaired) electrons. The minimum Gasteiger partial charge on any atom is -0.384 e. The van der Waals surface area contributed by atoms with E-state index in [4.69, 9.17) is 22.7 Å². The standard InChI is InChI=1S/C13H13ClN4S/c1-8-4-5-17-13(18-8)19-7-10-3-2-9(12(15)16)6-11(10)14/h2-6H,7H2,1H3,(H3,15,16). The first kappa shape index (κ1) is 13.8. The Balaban J connectivity index is 2.10. The molecule has 0 saturated carbocycles. The number of nitrogens with two attached hydrogens (primary N) is 1. The fourth-order valence-electron chi connectivity index (χ4n) is 1.47. The zero-order valence-electron chi connectivity index (χ0n) is 10.4. The molecule has 2 rings (SSSR count). The van der Waals surface area contributed by atoms with E-state index < -0.39 is 0 Å². The molecule has 0 amide bonds. The molecule has 0 bridgehead atoms. The smallest absolute Gasteiger partial charge is 0.188 e. The number of aromatic nitrogens is 2. The summed E-state index contributed by atoms with van der Waals surface area (Å²) in [6.45, 7) is 1.93. The van der Waals surface area contributed by atoms with Crippen molar-refractivity contribution in [3.63, 3.8) is 0 Å². The van der Waals surface area contributed by atoms with Gasteiger partial charge in [-0.3, -0.25) is 5.41 Å². The predicted octanol–water partition coefficient (Wildman–Crippen LogP) is 3.01. The number of halogens is 1. The summed E-state index contributed by atoms with van der Waals surface area (Å²) in [5.41, 5.74) is 7.96. The lowest BCUT2D eigenvalue weighted by molar-refractivity contribution is 0.932. The number of hydrogen-bond donors (Lipinski definition) is 2. The number of nitrogen functional groups attached to an aromatic ring is 1. The average molecular weight is 293 g/mol. The third kappa shape index (κ3) is 3.68. The maximum atomic E-state index is 7.36. The summed E-state index contributed by atoms with van der Waals surface area (Å²) >= 11 is 7.69. The van der Waals surface area contributed by atoms with E-state index in [-0.39, 0.29) is 5.84 Å². The maximum absolute atomic E-state index is 7.36. The minimum atomic E-state index is 0.0168. The van der Waals surface area contributed by atoms with Crippen molar-refractivity contribution in [2.45, 2.75) is 17.8 Å². The topological polar surface area (TPSA) is 75.7 Å². The third-order valence-corrected chi connectivity index (χ3v) is 3.76. The van der Waals surface area contributed by atoms with E-state index in [0.717, 1.165) is 16.4 Å². The quantitative estimate of drug-likeness (QED) is 0.393. The monoisotopic (exact) mass is 292 g/mol. The Morgan fingerprint density at radius 1 is 1.42 bits per heavy atom. The molecule has 19 heavy (non-hydrogen) atoms. The van der Waals surface area contributed by atoms with Gasteiger partial charge in [-0.15, -0.1) is 0 Å². The zero-order valence-corrected chi connectivity index (χ0v) is 11.9. The summed E-state index contributed by atoms with van der Waals surface area (Å²) in [4.78, 5) is 8.50. The Labute approximate surface area is 120 Å². The third-order valence-electron chi connectivity index (χ3n) is 2.49. The fourth-order valence-corrected chi connectivity index (χ4v) is 2.68. The molecule has 0 unspecified atom stereocenters. The number of rotatable bonds is 4. The van der Waals surface area contributed by atoms with Crippen LogP contribution < -0.4 is 5.73 Å². The number of thioether (sulfide) groups is 1. The number of nitrogens with one attached hydrogen (secondary N) is 1. The lowest BCUT2D eigenvalue weighted by atomic mass is 10.1. The van der Waals surface area contributed by atoms with Gasteiger partial charge >= 0.3 is 0 Å². The number of hydrogen-bond acceptors (Lipinski definition) is 4. The largest absolute Gasteiger partial charge is 0.384 e. The van der Waals surface area contributed by atoms with E-state index in [1.165, 1.54) is 11.8 Å². The summed E-state index contributed by atoms with van der Waals surface area (Å²) in [7, 11) is 0. The van der Waals surface area contributed by atoms with E-state index in [2.05, 4.69) is 9.97 Å². The highest BCUT2D eigenvalue weighted by Crippen LogP contribution is 2.25. The van der Waals surface area contributed by atoms with Crippen LogP contribution in [0.4, 0.5) is 0 Å². The van der Waals surface area contributed by atoms with Crippen molar-refractivity contribution in [2.75, 3.05) is 0 Å². The van der Waals surface area contributed by atoms with Crippen LogP contribution in [0.3, 0.4) is 0 Å². The molecular weight excluding hydrogens is 280 g/mol. The Morgan fingerprint density at radius 2 is 2.21 bits per heavy atom. The Morgan fingerprint density at radius 3 is 2.84 bits per heavy atom. The lowest BCUT2D eigenvalue weighted by Gasteiger charge is -2.06. The Bertz CT molecular complexity index is 615. The minimum absolute atomic E-state index is 0.0168. The molecule has 0 aliphatic heterocycles. The van der Waals surface area contributed by atoms with Gasteiger partial charge in [0.2, 0.25) is 0 Å². The van der Waals surface area contributed by atoms with Gasteiger partial charge in [-0.1, -0.05) is 35.5 Å². The molecule has 0 fully saturated rings. The number of amidine groups is 1. The van der Waals surface area contributed by atoms with Gasteiger partial charge in [-0.2, -0.15) is 0 Å². The van der Waals surface area contributed by atoms with Crippen LogP contribution in [0.2, 0.25) is 5.02 Å². The molecular formula is C13H13ClN4S. The number of benzene rings is 1. The summed E-state index contributed by atoms with van der Waals surface area (Å²) in [5, 5.41) is 8.69. The van der Waals surface area contributed by atoms with E-state index in [9.17, 15) is 0 Å². The zero-order chi connectivity index (χ0) is 13.8. The molecule has 1 aromatic heterocycles. The van der Waals surface area contributed by atoms with E-state index in [1.54, 1.807) is 18.3 Å². The molecule has 6 heteroatoms. The van der Waals surface area contributed by atoms with Crippen LogP contribution in [-0.2, 0) is 5.75 Å². The van der Waals surface area contributed by atoms with Crippen molar-refractivity contribution >= 4 is 29.2 Å². The van der Waals surface area contributed by atoms with Crippen molar-refractivity contribution < 1.29 is 0 Å². The summed E-state index contributed by atoms with van der Waals surface area (Å²) in [5.74, 6) is 0.698. The average Bonchev–Trinajstić information content (AvgIpc) is 2.37. The van der Waals surface area contributed by atoms with Gasteiger partial charge in [0.05, 0.1) is 0 Å². The van der Waals surface area contributed by atoms with Gasteiger partial charge in [0.15, 0.2) is 5.16 Å². The van der Waals surface area contributed by atoms with Gasteiger partial charge in [0.1, 0.15) is 5.84 Å². The van der Waals surface area contributed by atoms with Gasteiger partial charge in [-0.05, 0) is 24.6 Å². The molecule has 4 nitrogen and oxygen atoms in total. The van der Waals surface area contributed by atoms with Crippen molar-refractivity contribution in [3.05, 3.63) is 52.3 Å². The van der Waals surface area contributed by atoms with Crippen LogP contribution in [0, 0.1) is 12.3 Å². The molecule has 98 valence electrons. The predicted molar refractivity (Wildman–Crippen MR) is 78.8 cm³/mol. The number of nitrogens with zero attached hydrogens (tertiary/aromatic N) is 2. The second kappa shape index (κ2) is 6.04. The molecule has 0 saturated heterocycles. The van der Waals surface area contributed by atoms with Gasteiger partial charge in [-0.25, -0.2) is 9.97 Å². The number of aryl methyl sites for hydroxylation is 1. The fraction of sp³-hybridized carbons (Fsp3) is 0.154. The van der Waals surface area contributed by atoms with Crippen molar-refractivity contribution in [2.24, 2.45) is 5.73 Å². The maximum Gasteiger partial charge on any atom is 0.188 e. The van der Waals surface area contributed by atoms with Crippen LogP contribution in [-0.4, -0.2) is 15.8 Å². The summed E-state index contributed by atoms with van der Waals surface area (Å²) < 4.78 is 0. The normalized spacial score (nSPS) is 10.4. The van der Waals surface area contributed by atoms with Crippen molar-refractivity contribution in [3.8, 4) is 0 Å². The van der Waals surface area contributed by atoms with E-state index in [1.807, 2.05) is 19.1 Å². The Kier molecular flexibility index (Phi) is 4.39. The molecule has 1 heterocycles. The van der Waals surface area contributed by atoms with Crippen LogP contribution in [0.1, 0.15) is 16.8 Å². The lowest BCUT2D eigenvalue weighted by Crippen LogP contribution is -2.10.